The molecule has 2 aromatic carbocycles. The Morgan fingerprint density at radius 3 is 2.43 bits per heavy atom. The molecule has 1 saturated heterocycles. The summed E-state index contributed by atoms with van der Waals surface area (Å²) < 4.78 is 36.5. The third kappa shape index (κ3) is 9.18. The maximum Gasteiger partial charge on any atom is 0.260 e. The van der Waals surface area contributed by atoms with Crippen molar-refractivity contribution in [3.05, 3.63) is 59.7 Å². The second kappa shape index (κ2) is 13.2. The molecule has 0 aromatic heterocycles. The zero-order chi connectivity index (χ0) is 26.8. The van der Waals surface area contributed by atoms with Crippen molar-refractivity contribution in [2.45, 2.75) is 38.7 Å². The summed E-state index contributed by atoms with van der Waals surface area (Å²) in [6, 6.07) is 13.9. The molecule has 10 nitrogen and oxygen atoms in total. The first kappa shape index (κ1) is 28.1. The van der Waals surface area contributed by atoms with Gasteiger partial charge >= 0.3 is 0 Å². The van der Waals surface area contributed by atoms with Gasteiger partial charge in [-0.15, -0.1) is 0 Å². The molecule has 0 radical (unpaired) electrons. The summed E-state index contributed by atoms with van der Waals surface area (Å²) in [6.07, 6.45) is 4.53. The minimum atomic E-state index is -3.68. The zero-order valence-electron chi connectivity index (χ0n) is 21.3. The van der Waals surface area contributed by atoms with E-state index in [1.807, 2.05) is 26.0 Å². The topological polar surface area (TPSA) is 126 Å². The first-order valence-corrected chi connectivity index (χ1v) is 14.0. The number of benzene rings is 2. The van der Waals surface area contributed by atoms with Gasteiger partial charge in [0.05, 0.1) is 24.3 Å². The van der Waals surface area contributed by atoms with Crippen LogP contribution >= 0.6 is 0 Å². The highest BCUT2D eigenvalue weighted by Gasteiger charge is 2.21. The molecule has 1 aliphatic heterocycles. The quantitative estimate of drug-likeness (QED) is 0.321. The second-order valence-electron chi connectivity index (χ2n) is 9.11. The lowest BCUT2D eigenvalue weighted by molar-refractivity contribution is -0.123. The molecule has 2 aromatic rings. The monoisotopic (exact) mass is 530 g/mol. The molecular weight excluding hydrogens is 496 g/mol. The number of amides is 2. The van der Waals surface area contributed by atoms with Crippen LogP contribution in [0.2, 0.25) is 0 Å². The highest BCUT2D eigenvalue weighted by molar-refractivity contribution is 7.92. The van der Waals surface area contributed by atoms with Crippen molar-refractivity contribution in [1.82, 2.24) is 10.7 Å². The van der Waals surface area contributed by atoms with E-state index in [9.17, 15) is 18.0 Å². The fourth-order valence-corrected chi connectivity index (χ4v) is 4.51. The Morgan fingerprint density at radius 1 is 1.14 bits per heavy atom. The Bertz CT molecular complexity index is 1170. The van der Waals surface area contributed by atoms with Gasteiger partial charge in [-0.05, 0) is 66.3 Å². The van der Waals surface area contributed by atoms with Gasteiger partial charge in [-0.2, -0.15) is 5.10 Å². The third-order valence-corrected chi connectivity index (χ3v) is 6.88. The smallest absolute Gasteiger partial charge is 0.260 e. The SMILES string of the molecule is CC(C)c1ccc(N(CC(=O)N/N=C\c2ccc(OCC(=O)NC[C@H]3CCCO3)cc2)S(C)(=O)=O)cc1. The van der Waals surface area contributed by atoms with Gasteiger partial charge in [-0.25, -0.2) is 13.8 Å². The van der Waals surface area contributed by atoms with Crippen LogP contribution < -0.4 is 19.8 Å². The van der Waals surface area contributed by atoms with Crippen LogP contribution in [0.3, 0.4) is 0 Å². The van der Waals surface area contributed by atoms with Crippen LogP contribution in [-0.4, -0.2) is 65.1 Å². The average Bonchev–Trinajstić information content (AvgIpc) is 3.39. The first-order chi connectivity index (χ1) is 17.6. The number of carbonyl (C=O) groups excluding carboxylic acids is 2. The van der Waals surface area contributed by atoms with Crippen molar-refractivity contribution in [3.8, 4) is 5.75 Å². The number of anilines is 1. The predicted octanol–water partition coefficient (Wildman–Crippen LogP) is 2.40. The van der Waals surface area contributed by atoms with Gasteiger partial charge in [0.2, 0.25) is 10.0 Å². The van der Waals surface area contributed by atoms with Gasteiger partial charge in [0, 0.05) is 13.2 Å². The number of nitrogens with zero attached hydrogens (tertiary/aromatic N) is 2. The van der Waals surface area contributed by atoms with Crippen molar-refractivity contribution in [2.24, 2.45) is 5.10 Å². The number of rotatable bonds is 12. The van der Waals surface area contributed by atoms with Gasteiger partial charge in [-0.1, -0.05) is 26.0 Å². The number of sulfonamides is 1. The van der Waals surface area contributed by atoms with Crippen LogP contribution in [0, 0.1) is 0 Å². The summed E-state index contributed by atoms with van der Waals surface area (Å²) in [7, 11) is -3.68. The highest BCUT2D eigenvalue weighted by Crippen LogP contribution is 2.22. The molecular formula is C26H34N4O6S. The second-order valence-corrected chi connectivity index (χ2v) is 11.0. The van der Waals surface area contributed by atoms with E-state index in [2.05, 4.69) is 15.8 Å². The highest BCUT2D eigenvalue weighted by atomic mass is 32.2. The van der Waals surface area contributed by atoms with Crippen molar-refractivity contribution in [2.75, 3.05) is 36.9 Å². The van der Waals surface area contributed by atoms with Gasteiger partial charge < -0.3 is 14.8 Å². The summed E-state index contributed by atoms with van der Waals surface area (Å²) in [5, 5.41) is 6.70. The molecule has 0 saturated carbocycles. The molecule has 0 bridgehead atoms. The fourth-order valence-electron chi connectivity index (χ4n) is 3.65. The van der Waals surface area contributed by atoms with Gasteiger partial charge in [0.25, 0.3) is 11.8 Å². The molecule has 2 amide bonds. The van der Waals surface area contributed by atoms with Crippen LogP contribution in [0.15, 0.2) is 53.6 Å². The summed E-state index contributed by atoms with van der Waals surface area (Å²) in [5.74, 6) is 0.0208. The van der Waals surface area contributed by atoms with Crippen LogP contribution in [0.4, 0.5) is 5.69 Å². The van der Waals surface area contributed by atoms with E-state index in [1.165, 1.54) is 6.21 Å². The molecule has 0 unspecified atom stereocenters. The van der Waals surface area contributed by atoms with E-state index in [-0.39, 0.29) is 18.6 Å². The number of hydrogen-bond donors (Lipinski definition) is 2. The van der Waals surface area contributed by atoms with E-state index in [0.717, 1.165) is 35.6 Å². The Morgan fingerprint density at radius 2 is 1.84 bits per heavy atom. The lowest BCUT2D eigenvalue weighted by Gasteiger charge is -2.21. The summed E-state index contributed by atoms with van der Waals surface area (Å²) in [4.78, 5) is 24.3. The minimum Gasteiger partial charge on any atom is -0.484 e. The van der Waals surface area contributed by atoms with Crippen LogP contribution in [0.5, 0.6) is 5.75 Å². The third-order valence-electron chi connectivity index (χ3n) is 5.74. The average molecular weight is 531 g/mol. The van der Waals surface area contributed by atoms with E-state index in [1.54, 1.807) is 36.4 Å². The standard InChI is InChI=1S/C26H34N4O6S/c1-19(2)21-8-10-22(11-9-21)30(37(3,33)34)17-25(31)29-28-15-20-6-12-23(13-7-20)36-18-26(32)27-16-24-5-4-14-35-24/h6-13,15,19,24H,4-5,14,16-18H2,1-3H3,(H,27,32)(H,29,31)/b28-15-/t24-/m1/s1. The van der Waals surface area contributed by atoms with Crippen molar-refractivity contribution >= 4 is 33.7 Å². The van der Waals surface area contributed by atoms with E-state index in [0.29, 0.717) is 29.5 Å². The summed E-state index contributed by atoms with van der Waals surface area (Å²) in [5.41, 5.74) is 4.51. The molecule has 1 aliphatic rings. The number of ether oxygens (including phenoxy) is 2. The van der Waals surface area contributed by atoms with Crippen molar-refractivity contribution < 1.29 is 27.5 Å². The van der Waals surface area contributed by atoms with Gasteiger partial charge in [-0.3, -0.25) is 13.9 Å². The molecule has 0 aliphatic carbocycles. The summed E-state index contributed by atoms with van der Waals surface area (Å²) in [6.45, 7) is 4.80. The number of hydrazone groups is 1. The number of hydrogen-bond acceptors (Lipinski definition) is 7. The molecule has 1 atom stereocenters. The molecule has 200 valence electrons. The Kier molecular flexibility index (Phi) is 10.0. The lowest BCUT2D eigenvalue weighted by atomic mass is 10.0. The normalized spacial score (nSPS) is 15.6. The fraction of sp³-hybridized carbons (Fsp3) is 0.423. The van der Waals surface area contributed by atoms with Gasteiger partial charge in [0.15, 0.2) is 6.61 Å². The van der Waals surface area contributed by atoms with Crippen LogP contribution in [0.25, 0.3) is 0 Å². The van der Waals surface area contributed by atoms with Crippen molar-refractivity contribution in [3.63, 3.8) is 0 Å². The maximum absolute atomic E-state index is 12.4. The van der Waals surface area contributed by atoms with E-state index >= 15 is 0 Å². The molecule has 2 N–H and O–H groups in total. The molecule has 1 heterocycles. The Labute approximate surface area is 218 Å². The molecule has 11 heteroatoms. The zero-order valence-corrected chi connectivity index (χ0v) is 22.2. The summed E-state index contributed by atoms with van der Waals surface area (Å²) >= 11 is 0. The van der Waals surface area contributed by atoms with Crippen LogP contribution in [-0.2, 0) is 24.3 Å². The molecule has 37 heavy (non-hydrogen) atoms. The van der Waals surface area contributed by atoms with Gasteiger partial charge in [0.1, 0.15) is 12.3 Å². The Hall–Kier alpha value is -3.44. The van der Waals surface area contributed by atoms with Crippen LogP contribution in [0.1, 0.15) is 43.7 Å². The molecule has 1 fully saturated rings. The Balaban J connectivity index is 1.46. The lowest BCUT2D eigenvalue weighted by Crippen LogP contribution is -2.39. The first-order valence-electron chi connectivity index (χ1n) is 12.1. The van der Waals surface area contributed by atoms with E-state index in [4.69, 9.17) is 9.47 Å². The van der Waals surface area contributed by atoms with E-state index < -0.39 is 22.5 Å². The van der Waals surface area contributed by atoms with Crippen molar-refractivity contribution in [1.29, 1.82) is 0 Å². The molecule has 0 spiro atoms. The number of nitrogens with one attached hydrogen (secondary N) is 2. The maximum atomic E-state index is 12.4. The molecule has 3 rings (SSSR count). The number of carbonyl (C=O) groups is 2. The largest absolute Gasteiger partial charge is 0.484 e. The minimum absolute atomic E-state index is 0.0775. The predicted molar refractivity (Wildman–Crippen MR) is 142 cm³/mol.